The van der Waals surface area contributed by atoms with Crippen molar-refractivity contribution in [3.8, 4) is 0 Å². The summed E-state index contributed by atoms with van der Waals surface area (Å²) < 4.78 is 0. The molecule has 1 aliphatic heterocycles. The molecule has 6 aliphatic rings. The highest BCUT2D eigenvalue weighted by Crippen LogP contribution is 2.73. The summed E-state index contributed by atoms with van der Waals surface area (Å²) in [5, 5.41) is 0. The highest BCUT2D eigenvalue weighted by molar-refractivity contribution is 6.03. The number of ketones is 2. The summed E-state index contributed by atoms with van der Waals surface area (Å²) >= 11 is 0. The molecule has 41 heavy (non-hydrogen) atoms. The van der Waals surface area contributed by atoms with Gasteiger partial charge in [-0.1, -0.05) is 60.1 Å². The van der Waals surface area contributed by atoms with Gasteiger partial charge in [-0.2, -0.15) is 0 Å². The number of piperazine rings is 1. The minimum atomic E-state index is -0.643. The minimum absolute atomic E-state index is 0.0565. The topological polar surface area (TPSA) is 62.1 Å². The van der Waals surface area contributed by atoms with Gasteiger partial charge in [-0.15, -0.1) is 0 Å². The van der Waals surface area contributed by atoms with Crippen LogP contribution in [0.4, 0.5) is 0 Å². The number of fused-ring (bicyclic) bond motifs is 7. The molecule has 0 aromatic rings. The van der Waals surface area contributed by atoms with Gasteiger partial charge in [0, 0.05) is 42.4 Å². The molecule has 1 amide bonds. The molecule has 0 spiro atoms. The van der Waals surface area contributed by atoms with Crippen molar-refractivity contribution in [1.29, 1.82) is 0 Å². The maximum atomic E-state index is 14.7. The first kappa shape index (κ1) is 28.8. The number of allylic oxidation sites excluding steroid dienone is 4. The smallest absolute Gasteiger partial charge is 0.236 e. The second-order valence-electron chi connectivity index (χ2n) is 16.6. The van der Waals surface area contributed by atoms with Gasteiger partial charge in [-0.05, 0) is 79.1 Å². The Labute approximate surface area is 246 Å². The maximum absolute atomic E-state index is 14.7. The Morgan fingerprint density at radius 3 is 2.27 bits per heavy atom. The highest BCUT2D eigenvalue weighted by atomic mass is 16.2. The van der Waals surface area contributed by atoms with Crippen molar-refractivity contribution in [2.24, 2.45) is 44.8 Å². The zero-order chi connectivity index (χ0) is 30.0. The molecule has 4 fully saturated rings. The zero-order valence-corrected chi connectivity index (χ0v) is 26.5. The van der Waals surface area contributed by atoms with E-state index in [4.69, 9.17) is 6.57 Å². The second-order valence-corrected chi connectivity index (χ2v) is 16.6. The second kappa shape index (κ2) is 8.65. The fourth-order valence-corrected chi connectivity index (χ4v) is 11.3. The first-order chi connectivity index (χ1) is 19.0. The molecule has 6 nitrogen and oxygen atoms in total. The number of hydrogen-bond acceptors (Lipinski definition) is 4. The molecule has 0 radical (unpaired) electrons. The Bertz CT molecular complexity index is 1330. The summed E-state index contributed by atoms with van der Waals surface area (Å²) in [6.07, 6.45) is 10.9. The van der Waals surface area contributed by atoms with Crippen LogP contribution in [-0.2, 0) is 14.4 Å². The van der Waals surface area contributed by atoms with E-state index in [9.17, 15) is 14.4 Å². The normalized spacial score (nSPS) is 45.4. The van der Waals surface area contributed by atoms with Crippen LogP contribution < -0.4 is 0 Å². The lowest BCUT2D eigenvalue weighted by molar-refractivity contribution is -0.183. The van der Waals surface area contributed by atoms with Crippen molar-refractivity contribution in [2.45, 2.75) is 99.0 Å². The lowest BCUT2D eigenvalue weighted by Crippen LogP contribution is -2.71. The summed E-state index contributed by atoms with van der Waals surface area (Å²) in [6, 6.07) is 0. The molecule has 0 aromatic carbocycles. The van der Waals surface area contributed by atoms with Gasteiger partial charge in [0.2, 0.25) is 11.6 Å². The fraction of sp³-hybridized carbons (Fsp3) is 0.771. The van der Waals surface area contributed by atoms with E-state index < -0.39 is 10.8 Å². The largest absolute Gasteiger partial charge is 0.343 e. The van der Waals surface area contributed by atoms with Crippen molar-refractivity contribution in [3.05, 3.63) is 34.8 Å². The van der Waals surface area contributed by atoms with Crippen LogP contribution in [0.1, 0.15) is 93.4 Å². The van der Waals surface area contributed by atoms with Crippen molar-refractivity contribution in [1.82, 2.24) is 9.80 Å². The van der Waals surface area contributed by atoms with Crippen LogP contribution in [0.25, 0.3) is 4.85 Å². The van der Waals surface area contributed by atoms with Crippen LogP contribution in [0, 0.1) is 51.4 Å². The minimum Gasteiger partial charge on any atom is -0.343 e. The van der Waals surface area contributed by atoms with E-state index in [1.165, 1.54) is 0 Å². The van der Waals surface area contributed by atoms with Crippen molar-refractivity contribution in [3.63, 3.8) is 0 Å². The molecule has 222 valence electrons. The maximum Gasteiger partial charge on any atom is 0.236 e. The standard InChI is InChI=1S/C35H49N3O3/c1-30(2)12-14-35(38-17-16-37(9)27(40)21-38)15-13-34(7)28(22(35)19-30)24(39)18-26-32(5)20-23(36-8)29(41)31(3,4)25(32)10-11-33(26,34)6/h18,20,22,25,28H,10-17,19,21H2,1-7,9H3/t22-,25-,28-,32-,33+,34+,35-/m0/s1. The van der Waals surface area contributed by atoms with Gasteiger partial charge in [0.1, 0.15) is 0 Å². The summed E-state index contributed by atoms with van der Waals surface area (Å²) in [5.41, 5.74) is -0.155. The molecule has 0 N–H and O–H groups in total. The van der Waals surface area contributed by atoms with Crippen LogP contribution in [0.15, 0.2) is 23.4 Å². The third kappa shape index (κ3) is 3.60. The number of carbonyl (C=O) groups is 3. The van der Waals surface area contributed by atoms with Crippen LogP contribution in [0.3, 0.4) is 0 Å². The van der Waals surface area contributed by atoms with E-state index in [1.807, 2.05) is 37.9 Å². The van der Waals surface area contributed by atoms with E-state index in [0.717, 1.165) is 63.6 Å². The summed E-state index contributed by atoms with van der Waals surface area (Å²) in [5.74, 6) is 0.540. The summed E-state index contributed by atoms with van der Waals surface area (Å²) in [7, 11) is 1.90. The molecule has 7 atom stereocenters. The Hall–Kier alpha value is -2.26. The average Bonchev–Trinajstić information content (AvgIpc) is 2.89. The van der Waals surface area contributed by atoms with E-state index in [-0.39, 0.29) is 62.7 Å². The number of rotatable bonds is 1. The number of Topliss-reactive ketones (excluding diaryl/α,β-unsaturated/α-hetero) is 1. The van der Waals surface area contributed by atoms with E-state index in [1.54, 1.807) is 0 Å². The third-order valence-electron chi connectivity index (χ3n) is 13.9. The van der Waals surface area contributed by atoms with Crippen molar-refractivity contribution in [2.75, 3.05) is 26.7 Å². The third-order valence-corrected chi connectivity index (χ3v) is 13.9. The lowest BCUT2D eigenvalue weighted by Gasteiger charge is -2.70. The quantitative estimate of drug-likeness (QED) is 0.365. The van der Waals surface area contributed by atoms with Crippen molar-refractivity contribution < 1.29 is 14.4 Å². The summed E-state index contributed by atoms with van der Waals surface area (Å²) in [4.78, 5) is 49.0. The van der Waals surface area contributed by atoms with Gasteiger partial charge in [0.15, 0.2) is 11.6 Å². The van der Waals surface area contributed by atoms with Crippen LogP contribution in [0.5, 0.6) is 0 Å². The van der Waals surface area contributed by atoms with Gasteiger partial charge < -0.3 is 9.69 Å². The van der Waals surface area contributed by atoms with Crippen LogP contribution in [0.2, 0.25) is 0 Å². The molecule has 0 bridgehead atoms. The first-order valence-electron chi connectivity index (χ1n) is 15.9. The van der Waals surface area contributed by atoms with Gasteiger partial charge >= 0.3 is 0 Å². The van der Waals surface area contributed by atoms with Crippen LogP contribution >= 0.6 is 0 Å². The summed E-state index contributed by atoms with van der Waals surface area (Å²) in [6.45, 7) is 25.6. The molecule has 0 unspecified atom stereocenters. The molecule has 6 heteroatoms. The molecule has 5 aliphatic carbocycles. The first-order valence-corrected chi connectivity index (χ1v) is 15.9. The van der Waals surface area contributed by atoms with Gasteiger partial charge in [-0.3, -0.25) is 14.5 Å². The monoisotopic (exact) mass is 559 g/mol. The van der Waals surface area contributed by atoms with E-state index in [0.29, 0.717) is 6.54 Å². The van der Waals surface area contributed by atoms with Gasteiger partial charge in [-0.25, -0.2) is 4.85 Å². The average molecular weight is 560 g/mol. The molecule has 3 saturated carbocycles. The Balaban J connectivity index is 1.49. The molecule has 6 rings (SSSR count). The van der Waals surface area contributed by atoms with Crippen molar-refractivity contribution >= 4 is 17.5 Å². The lowest BCUT2D eigenvalue weighted by atomic mass is 9.35. The fourth-order valence-electron chi connectivity index (χ4n) is 11.3. The van der Waals surface area contributed by atoms with E-state index >= 15 is 0 Å². The molecular formula is C35H49N3O3. The molecule has 0 aromatic heterocycles. The highest BCUT2D eigenvalue weighted by Gasteiger charge is 2.70. The predicted octanol–water partition coefficient (Wildman–Crippen LogP) is 6.09. The van der Waals surface area contributed by atoms with Gasteiger partial charge in [0.25, 0.3) is 0 Å². The Morgan fingerprint density at radius 1 is 0.927 bits per heavy atom. The number of carbonyl (C=O) groups excluding carboxylic acids is 3. The predicted molar refractivity (Wildman–Crippen MR) is 159 cm³/mol. The Kier molecular flexibility index (Phi) is 6.08. The Morgan fingerprint density at radius 2 is 1.61 bits per heavy atom. The molecular weight excluding hydrogens is 510 g/mol. The number of hydrogen-bond donors (Lipinski definition) is 0. The van der Waals surface area contributed by atoms with Gasteiger partial charge in [0.05, 0.1) is 13.1 Å². The molecule has 1 heterocycles. The molecule has 1 saturated heterocycles. The zero-order valence-electron chi connectivity index (χ0n) is 26.5. The van der Waals surface area contributed by atoms with Crippen LogP contribution in [-0.4, -0.2) is 59.5 Å². The number of amides is 1. The number of nitrogens with zero attached hydrogens (tertiary/aromatic N) is 3. The SMILES string of the molecule is [C-]#[N+]C1=C[C@]2(C)C3=CC(=O)[C@@H]4[C@@H]5CC(C)(C)CC[C@]5(N5CCN(C)C(=O)C5)CC[C@@]4(C)[C@]3(C)CC[C@H]2C(C)(C)C1=O. The number of likely N-dealkylation sites (N-methyl/N-ethyl adjacent to an activating group) is 1. The van der Waals surface area contributed by atoms with E-state index in [2.05, 4.69) is 44.4 Å².